The maximum atomic E-state index is 12.7. The fraction of sp³-hybridized carbons (Fsp3) is 0. The van der Waals surface area contributed by atoms with Crippen LogP contribution in [0.15, 0.2) is 63.9 Å². The van der Waals surface area contributed by atoms with Gasteiger partial charge in [0.05, 0.1) is 15.0 Å². The maximum Gasteiger partial charge on any atom is 0.338 e. The van der Waals surface area contributed by atoms with Crippen molar-refractivity contribution in [2.24, 2.45) is 0 Å². The number of urea groups is 1. The van der Waals surface area contributed by atoms with Crippen LogP contribution in [0.1, 0.15) is 5.76 Å². The van der Waals surface area contributed by atoms with E-state index >= 15 is 0 Å². The minimum Gasteiger partial charge on any atom is -0.457 e. The van der Waals surface area contributed by atoms with Crippen molar-refractivity contribution in [1.82, 2.24) is 10.4 Å². The standard InChI is InChI=1S/C21H12Cl3N3O3S2/c22-12-3-1-11(2-4-12)17-8-6-14(30-17)10-18-19(28)27(21(31)32-18)26-20(29)25-13-5-7-15(23)16(24)9-13/h1-10H,(H2,25,26,29)/b18-10+. The van der Waals surface area contributed by atoms with E-state index in [0.29, 0.717) is 32.2 Å². The van der Waals surface area contributed by atoms with Gasteiger partial charge in [-0.25, -0.2) is 10.2 Å². The highest BCUT2D eigenvalue weighted by molar-refractivity contribution is 8.26. The highest BCUT2D eigenvalue weighted by atomic mass is 35.5. The molecule has 0 bridgehead atoms. The molecule has 2 heterocycles. The van der Waals surface area contributed by atoms with Crippen molar-refractivity contribution >= 4 is 86.8 Å². The van der Waals surface area contributed by atoms with Gasteiger partial charge in [-0.3, -0.25) is 4.79 Å². The third-order valence-electron chi connectivity index (χ3n) is 4.21. The Kier molecular flexibility index (Phi) is 6.78. The number of rotatable bonds is 4. The number of nitrogens with zero attached hydrogens (tertiary/aromatic N) is 1. The number of hydrazine groups is 1. The van der Waals surface area contributed by atoms with Gasteiger partial charge in [-0.2, -0.15) is 5.01 Å². The number of nitrogens with one attached hydrogen (secondary N) is 2. The average molecular weight is 525 g/mol. The first-order valence-corrected chi connectivity index (χ1v) is 11.3. The number of thioether (sulfide) groups is 1. The number of carbonyl (C=O) groups excluding carboxylic acids is 2. The van der Waals surface area contributed by atoms with Crippen LogP contribution in [0.5, 0.6) is 0 Å². The molecule has 0 saturated carbocycles. The lowest BCUT2D eigenvalue weighted by Gasteiger charge is -2.16. The third-order valence-corrected chi connectivity index (χ3v) is 6.51. The number of halogens is 3. The molecule has 2 N–H and O–H groups in total. The second-order valence-electron chi connectivity index (χ2n) is 6.42. The molecule has 2 aromatic carbocycles. The molecule has 6 nitrogen and oxygen atoms in total. The van der Waals surface area contributed by atoms with E-state index in [2.05, 4.69) is 10.7 Å². The van der Waals surface area contributed by atoms with E-state index in [1.807, 2.05) is 12.1 Å². The Morgan fingerprint density at radius 2 is 1.78 bits per heavy atom. The summed E-state index contributed by atoms with van der Waals surface area (Å²) in [4.78, 5) is 25.3. The topological polar surface area (TPSA) is 74.6 Å². The highest BCUT2D eigenvalue weighted by Gasteiger charge is 2.34. The zero-order valence-corrected chi connectivity index (χ0v) is 19.8. The minimum absolute atomic E-state index is 0.176. The molecule has 11 heteroatoms. The van der Waals surface area contributed by atoms with Crippen molar-refractivity contribution in [3.8, 4) is 11.3 Å². The van der Waals surface area contributed by atoms with Crippen LogP contribution < -0.4 is 10.7 Å². The number of benzene rings is 2. The summed E-state index contributed by atoms with van der Waals surface area (Å²) in [7, 11) is 0. The molecule has 3 aromatic rings. The predicted molar refractivity (Wildman–Crippen MR) is 133 cm³/mol. The van der Waals surface area contributed by atoms with Gasteiger partial charge >= 0.3 is 6.03 Å². The van der Waals surface area contributed by atoms with Crippen LogP contribution in [0.25, 0.3) is 17.4 Å². The normalized spacial score (nSPS) is 14.8. The molecule has 1 saturated heterocycles. The van der Waals surface area contributed by atoms with Crippen molar-refractivity contribution in [2.45, 2.75) is 0 Å². The Morgan fingerprint density at radius 1 is 1.03 bits per heavy atom. The van der Waals surface area contributed by atoms with Crippen LogP contribution in [-0.2, 0) is 4.79 Å². The van der Waals surface area contributed by atoms with Gasteiger partial charge in [0.15, 0.2) is 4.32 Å². The van der Waals surface area contributed by atoms with Gasteiger partial charge in [-0.05, 0) is 66.8 Å². The van der Waals surface area contributed by atoms with E-state index in [1.54, 1.807) is 42.5 Å². The lowest BCUT2D eigenvalue weighted by atomic mass is 10.2. The van der Waals surface area contributed by atoms with E-state index in [9.17, 15) is 9.59 Å². The molecule has 0 spiro atoms. The molecule has 1 fully saturated rings. The molecule has 1 aliphatic rings. The van der Waals surface area contributed by atoms with E-state index in [4.69, 9.17) is 51.4 Å². The van der Waals surface area contributed by atoms with E-state index < -0.39 is 11.9 Å². The zero-order chi connectivity index (χ0) is 22.8. The number of furan rings is 1. The first-order valence-electron chi connectivity index (χ1n) is 8.96. The van der Waals surface area contributed by atoms with Gasteiger partial charge in [0.2, 0.25) is 0 Å². The van der Waals surface area contributed by atoms with Crippen molar-refractivity contribution in [1.29, 1.82) is 0 Å². The second kappa shape index (κ2) is 9.56. The van der Waals surface area contributed by atoms with Gasteiger partial charge in [-0.1, -0.05) is 46.6 Å². The largest absolute Gasteiger partial charge is 0.457 e. The Balaban J connectivity index is 1.44. The Hall–Kier alpha value is -2.49. The van der Waals surface area contributed by atoms with Gasteiger partial charge in [-0.15, -0.1) is 0 Å². The molecule has 3 amide bonds. The third kappa shape index (κ3) is 5.11. The maximum absolute atomic E-state index is 12.7. The first kappa shape index (κ1) is 22.7. The molecule has 0 atom stereocenters. The van der Waals surface area contributed by atoms with Gasteiger partial charge in [0.25, 0.3) is 5.91 Å². The summed E-state index contributed by atoms with van der Waals surface area (Å²) in [5, 5.41) is 4.82. The quantitative estimate of drug-likeness (QED) is 0.288. The van der Waals surface area contributed by atoms with Crippen LogP contribution in [0.3, 0.4) is 0 Å². The Labute approximate surface area is 207 Å². The predicted octanol–water partition coefficient (Wildman–Crippen LogP) is 6.84. The molecular weight excluding hydrogens is 513 g/mol. The molecule has 0 radical (unpaired) electrons. The summed E-state index contributed by atoms with van der Waals surface area (Å²) >= 11 is 24.0. The van der Waals surface area contributed by atoms with Gasteiger partial charge in [0, 0.05) is 22.3 Å². The first-order chi connectivity index (χ1) is 15.3. The molecule has 162 valence electrons. The fourth-order valence-electron chi connectivity index (χ4n) is 2.73. The molecular formula is C21H12Cl3N3O3S2. The summed E-state index contributed by atoms with van der Waals surface area (Å²) in [5.41, 5.74) is 3.68. The van der Waals surface area contributed by atoms with Crippen molar-refractivity contribution < 1.29 is 14.0 Å². The number of thiocarbonyl (C=S) groups is 1. The van der Waals surface area contributed by atoms with Crippen LogP contribution >= 0.6 is 58.8 Å². The number of hydrogen-bond acceptors (Lipinski definition) is 5. The average Bonchev–Trinajstić information content (AvgIpc) is 3.32. The van der Waals surface area contributed by atoms with Crippen LogP contribution in [0.2, 0.25) is 15.1 Å². The van der Waals surface area contributed by atoms with Crippen LogP contribution in [-0.4, -0.2) is 21.3 Å². The van der Waals surface area contributed by atoms with Crippen molar-refractivity contribution in [2.75, 3.05) is 5.32 Å². The Morgan fingerprint density at radius 3 is 2.50 bits per heavy atom. The SMILES string of the molecule is O=C(Nc1ccc(Cl)c(Cl)c1)NN1C(=O)/C(=C\c2ccc(-c3ccc(Cl)cc3)o2)SC1=S. The van der Waals surface area contributed by atoms with Crippen LogP contribution in [0, 0.1) is 0 Å². The summed E-state index contributed by atoms with van der Waals surface area (Å²) in [6.45, 7) is 0. The van der Waals surface area contributed by atoms with E-state index in [0.717, 1.165) is 22.3 Å². The fourth-order valence-corrected chi connectivity index (χ4v) is 4.31. The number of anilines is 1. The van der Waals surface area contributed by atoms with Crippen molar-refractivity contribution in [3.05, 3.63) is 80.3 Å². The second-order valence-corrected chi connectivity index (χ2v) is 9.35. The molecule has 4 rings (SSSR count). The monoisotopic (exact) mass is 523 g/mol. The lowest BCUT2D eigenvalue weighted by Crippen LogP contribution is -2.46. The summed E-state index contributed by atoms with van der Waals surface area (Å²) < 4.78 is 5.98. The van der Waals surface area contributed by atoms with Gasteiger partial charge in [0.1, 0.15) is 11.5 Å². The molecule has 1 aromatic heterocycles. The number of amides is 3. The molecule has 0 aliphatic carbocycles. The lowest BCUT2D eigenvalue weighted by molar-refractivity contribution is -0.123. The van der Waals surface area contributed by atoms with E-state index in [1.165, 1.54) is 6.07 Å². The summed E-state index contributed by atoms with van der Waals surface area (Å²) in [6.07, 6.45) is 1.57. The zero-order valence-electron chi connectivity index (χ0n) is 15.9. The molecule has 32 heavy (non-hydrogen) atoms. The smallest absolute Gasteiger partial charge is 0.338 e. The van der Waals surface area contributed by atoms with Crippen molar-refractivity contribution in [3.63, 3.8) is 0 Å². The molecule has 1 aliphatic heterocycles. The summed E-state index contributed by atoms with van der Waals surface area (Å²) in [5.74, 6) is 0.618. The number of hydrogen-bond donors (Lipinski definition) is 2. The highest BCUT2D eigenvalue weighted by Crippen LogP contribution is 2.33. The minimum atomic E-state index is -0.663. The number of carbonyl (C=O) groups is 2. The van der Waals surface area contributed by atoms with Crippen LogP contribution in [0.4, 0.5) is 10.5 Å². The Bertz CT molecular complexity index is 1260. The summed E-state index contributed by atoms with van der Waals surface area (Å²) in [6, 6.07) is 14.7. The van der Waals surface area contributed by atoms with E-state index in [-0.39, 0.29) is 9.34 Å². The molecule has 0 unspecified atom stereocenters. The van der Waals surface area contributed by atoms with Gasteiger partial charge < -0.3 is 9.73 Å².